The van der Waals surface area contributed by atoms with Crippen molar-refractivity contribution in [3.8, 4) is 5.75 Å². The van der Waals surface area contributed by atoms with Gasteiger partial charge in [0.1, 0.15) is 10.9 Å². The molecule has 0 saturated heterocycles. The Labute approximate surface area is 166 Å². The Morgan fingerprint density at radius 2 is 2.07 bits per heavy atom. The third kappa shape index (κ3) is 5.45. The third-order valence-electron chi connectivity index (χ3n) is 3.74. The van der Waals surface area contributed by atoms with E-state index in [1.807, 2.05) is 54.6 Å². The van der Waals surface area contributed by atoms with E-state index in [-0.39, 0.29) is 5.91 Å². The topological polar surface area (TPSA) is 63.6 Å². The van der Waals surface area contributed by atoms with Crippen LogP contribution in [0.5, 0.6) is 5.75 Å². The maximum Gasteiger partial charge on any atom is 0.240 e. The Hall–Kier alpha value is -2.57. The predicted octanol–water partition coefficient (Wildman–Crippen LogP) is 4.53. The highest BCUT2D eigenvalue weighted by atomic mass is 35.5. The summed E-state index contributed by atoms with van der Waals surface area (Å²) in [6.07, 6.45) is 1.88. The minimum atomic E-state index is -0.149. The van der Waals surface area contributed by atoms with E-state index in [9.17, 15) is 4.79 Å². The number of thioether (sulfide) groups is 1. The van der Waals surface area contributed by atoms with Gasteiger partial charge >= 0.3 is 0 Å². The summed E-state index contributed by atoms with van der Waals surface area (Å²) < 4.78 is 5.19. The zero-order valence-corrected chi connectivity index (χ0v) is 16.3. The lowest BCUT2D eigenvalue weighted by atomic mass is 10.1. The van der Waals surface area contributed by atoms with Gasteiger partial charge in [0.15, 0.2) is 0 Å². The summed E-state index contributed by atoms with van der Waals surface area (Å²) in [6.45, 7) is 0. The highest BCUT2D eigenvalue weighted by molar-refractivity contribution is 7.99. The minimum absolute atomic E-state index is 0.149. The van der Waals surface area contributed by atoms with Gasteiger partial charge in [-0.2, -0.15) is 5.10 Å². The summed E-state index contributed by atoms with van der Waals surface area (Å²) in [6, 6.07) is 17.4. The molecule has 27 heavy (non-hydrogen) atoms. The number of hydrogen-bond donors (Lipinski definition) is 1. The lowest BCUT2D eigenvalue weighted by Gasteiger charge is -2.05. The first-order valence-electron chi connectivity index (χ1n) is 8.30. The van der Waals surface area contributed by atoms with Gasteiger partial charge in [-0.25, -0.2) is 10.4 Å². The molecule has 0 atom stereocenters. The molecule has 0 spiro atoms. The number of fused-ring (bicyclic) bond motifs is 1. The fourth-order valence-electron chi connectivity index (χ4n) is 2.37. The van der Waals surface area contributed by atoms with Crippen LogP contribution in [-0.2, 0) is 4.79 Å². The van der Waals surface area contributed by atoms with Crippen LogP contribution in [0.1, 0.15) is 12.0 Å². The van der Waals surface area contributed by atoms with Crippen molar-refractivity contribution in [1.29, 1.82) is 0 Å². The molecule has 3 rings (SSSR count). The van der Waals surface area contributed by atoms with E-state index in [1.54, 1.807) is 18.9 Å². The van der Waals surface area contributed by atoms with E-state index in [4.69, 9.17) is 16.3 Å². The first-order chi connectivity index (χ1) is 13.2. The van der Waals surface area contributed by atoms with Gasteiger partial charge in [-0.05, 0) is 30.3 Å². The molecule has 0 aliphatic carbocycles. The summed E-state index contributed by atoms with van der Waals surface area (Å²) in [4.78, 5) is 17.4. The van der Waals surface area contributed by atoms with Crippen molar-refractivity contribution >= 4 is 46.4 Å². The maximum absolute atomic E-state index is 11.9. The van der Waals surface area contributed by atoms with E-state index < -0.39 is 0 Å². The summed E-state index contributed by atoms with van der Waals surface area (Å²) in [7, 11) is 1.60. The Kier molecular flexibility index (Phi) is 6.68. The van der Waals surface area contributed by atoms with Gasteiger partial charge in [-0.1, -0.05) is 29.8 Å². The molecule has 0 unspecified atom stereocenters. The number of hydrazone groups is 1. The molecule has 7 heteroatoms. The van der Waals surface area contributed by atoms with Crippen molar-refractivity contribution in [2.24, 2.45) is 5.10 Å². The molecular formula is C20H18ClN3O2S. The lowest BCUT2D eigenvalue weighted by molar-refractivity contribution is -0.120. The smallest absolute Gasteiger partial charge is 0.240 e. The average Bonchev–Trinajstić information content (AvgIpc) is 2.69. The quantitative estimate of drug-likeness (QED) is 0.274. The molecular weight excluding hydrogens is 382 g/mol. The van der Waals surface area contributed by atoms with Crippen LogP contribution in [0, 0.1) is 0 Å². The standard InChI is InChI=1S/C20H18ClN3O2S/c1-26-16-8-7-14-11-15(20(21)23-18(14)12-16)13-22-24-19(25)9-10-27-17-5-3-2-4-6-17/h2-8,11-13H,9-10H2,1H3,(H,24,25)/b22-13+. The first kappa shape index (κ1) is 19.2. The number of rotatable bonds is 7. The van der Waals surface area contributed by atoms with Crippen LogP contribution in [0.4, 0.5) is 0 Å². The van der Waals surface area contributed by atoms with Gasteiger partial charge in [0, 0.05) is 34.1 Å². The highest BCUT2D eigenvalue weighted by Gasteiger charge is 2.05. The molecule has 0 bridgehead atoms. The maximum atomic E-state index is 11.9. The SMILES string of the molecule is COc1ccc2cc(/C=N/NC(=O)CCSc3ccccc3)c(Cl)nc2c1. The van der Waals surface area contributed by atoms with E-state index in [0.717, 1.165) is 15.8 Å². The number of carbonyl (C=O) groups excluding carboxylic acids is 1. The van der Waals surface area contributed by atoms with Crippen LogP contribution in [-0.4, -0.2) is 30.0 Å². The molecule has 0 radical (unpaired) electrons. The van der Waals surface area contributed by atoms with E-state index in [2.05, 4.69) is 15.5 Å². The number of halogens is 1. The number of nitrogens with zero attached hydrogens (tertiary/aromatic N) is 2. The molecule has 1 heterocycles. The number of pyridine rings is 1. The van der Waals surface area contributed by atoms with Crippen LogP contribution in [0.25, 0.3) is 10.9 Å². The molecule has 0 fully saturated rings. The number of carbonyl (C=O) groups is 1. The van der Waals surface area contributed by atoms with Gasteiger partial charge in [0.05, 0.1) is 18.8 Å². The summed E-state index contributed by atoms with van der Waals surface area (Å²) in [5, 5.41) is 5.21. The zero-order chi connectivity index (χ0) is 19.1. The average molecular weight is 400 g/mol. The van der Waals surface area contributed by atoms with Gasteiger partial charge in [0.2, 0.25) is 5.91 Å². The number of amides is 1. The highest BCUT2D eigenvalue weighted by Crippen LogP contribution is 2.23. The lowest BCUT2D eigenvalue weighted by Crippen LogP contribution is -2.17. The fourth-order valence-corrected chi connectivity index (χ4v) is 3.43. The van der Waals surface area contributed by atoms with Gasteiger partial charge in [-0.3, -0.25) is 4.79 Å². The summed E-state index contributed by atoms with van der Waals surface area (Å²) >= 11 is 7.84. The second kappa shape index (κ2) is 9.39. The monoisotopic (exact) mass is 399 g/mol. The van der Waals surface area contributed by atoms with Crippen LogP contribution in [0.3, 0.4) is 0 Å². The largest absolute Gasteiger partial charge is 0.497 e. The van der Waals surface area contributed by atoms with Crippen LogP contribution in [0.15, 0.2) is 64.6 Å². The van der Waals surface area contributed by atoms with Crippen molar-refractivity contribution in [2.75, 3.05) is 12.9 Å². The summed E-state index contributed by atoms with van der Waals surface area (Å²) in [5.41, 5.74) is 3.89. The van der Waals surface area contributed by atoms with Crippen molar-refractivity contribution in [2.45, 2.75) is 11.3 Å². The Balaban J connectivity index is 1.55. The van der Waals surface area contributed by atoms with Gasteiger partial charge in [0.25, 0.3) is 0 Å². The molecule has 0 aliphatic rings. The fraction of sp³-hybridized carbons (Fsp3) is 0.150. The summed E-state index contributed by atoms with van der Waals surface area (Å²) in [5.74, 6) is 1.25. The van der Waals surface area contributed by atoms with E-state index >= 15 is 0 Å². The third-order valence-corrected chi connectivity index (χ3v) is 5.06. The number of methoxy groups -OCH3 is 1. The van der Waals surface area contributed by atoms with Crippen LogP contribution in [0.2, 0.25) is 5.15 Å². The molecule has 1 aromatic heterocycles. The molecule has 138 valence electrons. The number of ether oxygens (including phenoxy) is 1. The van der Waals surface area contributed by atoms with Crippen LogP contribution >= 0.6 is 23.4 Å². The molecule has 0 aliphatic heterocycles. The molecule has 0 saturated carbocycles. The number of aromatic nitrogens is 1. The Bertz CT molecular complexity index is 964. The molecule has 1 N–H and O–H groups in total. The van der Waals surface area contributed by atoms with E-state index in [1.165, 1.54) is 6.21 Å². The second-order valence-corrected chi connectivity index (χ2v) is 7.16. The van der Waals surface area contributed by atoms with E-state index in [0.29, 0.717) is 28.6 Å². The number of nitrogens with one attached hydrogen (secondary N) is 1. The van der Waals surface area contributed by atoms with Crippen molar-refractivity contribution < 1.29 is 9.53 Å². The zero-order valence-electron chi connectivity index (χ0n) is 14.7. The molecule has 3 aromatic rings. The number of benzene rings is 2. The molecule has 1 amide bonds. The Morgan fingerprint density at radius 1 is 1.26 bits per heavy atom. The first-order valence-corrected chi connectivity index (χ1v) is 9.66. The number of hydrogen-bond acceptors (Lipinski definition) is 5. The van der Waals surface area contributed by atoms with Crippen molar-refractivity contribution in [3.05, 3.63) is 65.3 Å². The molecule has 5 nitrogen and oxygen atoms in total. The van der Waals surface area contributed by atoms with Gasteiger partial charge in [-0.15, -0.1) is 11.8 Å². The molecule has 2 aromatic carbocycles. The Morgan fingerprint density at radius 3 is 2.85 bits per heavy atom. The van der Waals surface area contributed by atoms with Gasteiger partial charge < -0.3 is 4.74 Å². The normalized spacial score (nSPS) is 11.0. The van der Waals surface area contributed by atoms with Crippen molar-refractivity contribution in [3.63, 3.8) is 0 Å². The predicted molar refractivity (Wildman–Crippen MR) is 111 cm³/mol. The van der Waals surface area contributed by atoms with Crippen molar-refractivity contribution in [1.82, 2.24) is 10.4 Å². The van der Waals surface area contributed by atoms with Crippen LogP contribution < -0.4 is 10.2 Å². The minimum Gasteiger partial charge on any atom is -0.497 e. The second-order valence-electron chi connectivity index (χ2n) is 5.63.